The smallest absolute Gasteiger partial charge is 0.230 e. The largest absolute Gasteiger partial charge is 0.493 e. The summed E-state index contributed by atoms with van der Waals surface area (Å²) in [4.78, 5) is 26.3. The summed E-state index contributed by atoms with van der Waals surface area (Å²) in [6.45, 7) is 3.61. The van der Waals surface area contributed by atoms with E-state index in [0.717, 1.165) is 42.8 Å². The number of ether oxygens (including phenoxy) is 4. The number of H-pyrrole nitrogens is 1. The van der Waals surface area contributed by atoms with Gasteiger partial charge in [0.15, 0.2) is 23.1 Å². The second-order valence-electron chi connectivity index (χ2n) is 10.1. The van der Waals surface area contributed by atoms with Gasteiger partial charge in [-0.15, -0.1) is 0 Å². The molecule has 2 aliphatic heterocycles. The quantitative estimate of drug-likeness (QED) is 0.201. The number of aromatic nitrogens is 3. The van der Waals surface area contributed by atoms with Gasteiger partial charge in [-0.2, -0.15) is 0 Å². The first-order chi connectivity index (χ1) is 18.9. The van der Waals surface area contributed by atoms with Crippen molar-refractivity contribution in [3.05, 3.63) is 46.2 Å². The van der Waals surface area contributed by atoms with Gasteiger partial charge in [0.25, 0.3) is 0 Å². The molecule has 0 saturated carbocycles. The van der Waals surface area contributed by atoms with Gasteiger partial charge in [-0.1, -0.05) is 0 Å². The van der Waals surface area contributed by atoms with Crippen molar-refractivity contribution in [3.8, 4) is 23.1 Å². The van der Waals surface area contributed by atoms with Crippen LogP contribution in [0.15, 0.2) is 36.7 Å². The average molecular weight is 646 g/mol. The molecule has 4 aromatic rings. The highest BCUT2D eigenvalue weighted by Crippen LogP contribution is 2.39. The van der Waals surface area contributed by atoms with Crippen LogP contribution < -0.4 is 14.2 Å². The summed E-state index contributed by atoms with van der Waals surface area (Å²) in [6, 6.07) is 8.51. The summed E-state index contributed by atoms with van der Waals surface area (Å²) in [5.41, 5.74) is 1.56. The number of nitrogens with zero attached hydrogens (tertiary/aromatic N) is 3. The molecule has 1 spiro atoms. The molecular weight excluding hydrogens is 618 g/mol. The number of carbonyl (C=O) groups is 1. The minimum Gasteiger partial charge on any atom is -0.493 e. The van der Waals surface area contributed by atoms with E-state index in [-0.39, 0.29) is 17.5 Å². The molecule has 4 heterocycles. The van der Waals surface area contributed by atoms with E-state index in [1.165, 1.54) is 6.33 Å². The van der Waals surface area contributed by atoms with Crippen molar-refractivity contribution in [2.45, 2.75) is 25.7 Å². The zero-order valence-corrected chi connectivity index (χ0v) is 23.6. The summed E-state index contributed by atoms with van der Waals surface area (Å²) in [5, 5.41) is 0.999. The van der Waals surface area contributed by atoms with Gasteiger partial charge in [0.2, 0.25) is 11.8 Å². The molecule has 11 heteroatoms. The van der Waals surface area contributed by atoms with Crippen LogP contribution in [0.4, 0.5) is 4.39 Å². The number of piperidine rings is 1. The molecule has 0 radical (unpaired) electrons. The van der Waals surface area contributed by atoms with Gasteiger partial charge < -0.3 is 28.8 Å². The first kappa shape index (κ1) is 26.1. The third-order valence-electron chi connectivity index (χ3n) is 7.55. The third kappa shape index (κ3) is 5.21. The van der Waals surface area contributed by atoms with E-state index in [2.05, 4.69) is 37.5 Å². The molecule has 1 N–H and O–H groups in total. The number of amides is 1. The monoisotopic (exact) mass is 646 g/mol. The lowest BCUT2D eigenvalue weighted by molar-refractivity contribution is -0.153. The van der Waals surface area contributed by atoms with E-state index in [4.69, 9.17) is 18.9 Å². The van der Waals surface area contributed by atoms with Gasteiger partial charge in [-0.05, 0) is 66.1 Å². The average Bonchev–Trinajstić information content (AvgIpc) is 3.32. The zero-order chi connectivity index (χ0) is 27.0. The first-order valence-electron chi connectivity index (χ1n) is 12.9. The van der Waals surface area contributed by atoms with E-state index in [1.54, 1.807) is 37.4 Å². The molecule has 2 saturated heterocycles. The van der Waals surface area contributed by atoms with Gasteiger partial charge in [0.1, 0.15) is 6.33 Å². The molecule has 2 aromatic heterocycles. The Labute approximate surface area is 238 Å². The molecule has 6 rings (SSSR count). The second kappa shape index (κ2) is 10.8. The van der Waals surface area contributed by atoms with Gasteiger partial charge in [-0.25, -0.2) is 14.4 Å². The van der Waals surface area contributed by atoms with Crippen molar-refractivity contribution < 1.29 is 28.1 Å². The molecule has 1 amide bonds. The molecule has 9 nitrogen and oxygen atoms in total. The fourth-order valence-corrected chi connectivity index (χ4v) is 5.77. The number of benzene rings is 2. The minimum absolute atomic E-state index is 0.0618. The topological polar surface area (TPSA) is 98.8 Å². The van der Waals surface area contributed by atoms with Crippen LogP contribution >= 0.6 is 22.6 Å². The number of methoxy groups -OCH3 is 1. The van der Waals surface area contributed by atoms with Gasteiger partial charge >= 0.3 is 0 Å². The normalized spacial score (nSPS) is 16.4. The van der Waals surface area contributed by atoms with Crippen molar-refractivity contribution in [1.29, 1.82) is 0 Å². The Morgan fingerprint density at radius 1 is 1.13 bits per heavy atom. The van der Waals surface area contributed by atoms with Crippen LogP contribution in [0.5, 0.6) is 23.1 Å². The predicted octanol–water partition coefficient (Wildman–Crippen LogP) is 5.45. The molecule has 0 bridgehead atoms. The summed E-state index contributed by atoms with van der Waals surface area (Å²) in [6.07, 6.45) is 4.41. The van der Waals surface area contributed by atoms with Crippen molar-refractivity contribution in [2.24, 2.45) is 5.41 Å². The number of hydrogen-bond donors (Lipinski definition) is 1. The maximum atomic E-state index is 15.1. The van der Waals surface area contributed by atoms with Crippen molar-refractivity contribution >= 4 is 50.3 Å². The number of likely N-dealkylation sites (tertiary alicyclic amines) is 1. The summed E-state index contributed by atoms with van der Waals surface area (Å²) < 4.78 is 38.7. The first-order valence-corrected chi connectivity index (χ1v) is 14.0. The third-order valence-corrected chi connectivity index (χ3v) is 8.13. The molecule has 0 unspecified atom stereocenters. The zero-order valence-electron chi connectivity index (χ0n) is 21.5. The van der Waals surface area contributed by atoms with Crippen LogP contribution in [0.3, 0.4) is 0 Å². The standard InChI is InChI=1S/C28H28FIN4O5/c1-36-22-11-18-20(31-16-32-27(18)39-21-5-4-19-17(26(21)29)12-24(30)33-19)13-23(22)38-10-2-3-25(35)34-8-6-28(7-9-34)14-37-15-28/h4-5,11-13,16,33H,2-3,6-10,14-15H2,1H3. The van der Waals surface area contributed by atoms with Crippen molar-refractivity contribution in [1.82, 2.24) is 19.9 Å². The van der Waals surface area contributed by atoms with Crippen LogP contribution in [0, 0.1) is 14.9 Å². The van der Waals surface area contributed by atoms with Gasteiger partial charge in [0.05, 0.1) is 41.5 Å². The van der Waals surface area contributed by atoms with Crippen LogP contribution in [-0.2, 0) is 9.53 Å². The maximum absolute atomic E-state index is 15.1. The van der Waals surface area contributed by atoms with Crippen LogP contribution in [0.25, 0.3) is 21.8 Å². The molecular formula is C28H28FIN4O5. The number of aromatic amines is 1. The fraction of sp³-hybridized carbons (Fsp3) is 0.393. The van der Waals surface area contributed by atoms with Crippen molar-refractivity contribution in [2.75, 3.05) is 40.0 Å². The second-order valence-corrected chi connectivity index (χ2v) is 11.2. The van der Waals surface area contributed by atoms with Gasteiger partial charge in [0, 0.05) is 41.9 Å². The number of nitrogens with one attached hydrogen (secondary N) is 1. The van der Waals surface area contributed by atoms with Crippen LogP contribution in [0.1, 0.15) is 25.7 Å². The van der Waals surface area contributed by atoms with E-state index in [1.807, 2.05) is 4.90 Å². The molecule has 0 atom stereocenters. The number of hydrogen-bond acceptors (Lipinski definition) is 7. The van der Waals surface area contributed by atoms with E-state index < -0.39 is 5.82 Å². The predicted molar refractivity (Wildman–Crippen MR) is 151 cm³/mol. The lowest BCUT2D eigenvalue weighted by atomic mass is 9.77. The summed E-state index contributed by atoms with van der Waals surface area (Å²) >= 11 is 2.10. The Hall–Kier alpha value is -3.19. The maximum Gasteiger partial charge on any atom is 0.230 e. The number of halogens is 2. The lowest BCUT2D eigenvalue weighted by Gasteiger charge is -2.47. The number of fused-ring (bicyclic) bond motifs is 2. The van der Waals surface area contributed by atoms with Crippen LogP contribution in [-0.4, -0.2) is 65.8 Å². The molecule has 204 valence electrons. The lowest BCUT2D eigenvalue weighted by Crippen LogP contribution is -2.52. The minimum atomic E-state index is -0.471. The fourth-order valence-electron chi connectivity index (χ4n) is 5.17. The number of rotatable bonds is 8. The Kier molecular flexibility index (Phi) is 7.19. The van der Waals surface area contributed by atoms with E-state index in [9.17, 15) is 4.79 Å². The van der Waals surface area contributed by atoms with Crippen LogP contribution in [0.2, 0.25) is 0 Å². The van der Waals surface area contributed by atoms with E-state index >= 15 is 4.39 Å². The Morgan fingerprint density at radius 3 is 2.69 bits per heavy atom. The molecule has 0 aliphatic carbocycles. The molecule has 2 aromatic carbocycles. The summed E-state index contributed by atoms with van der Waals surface area (Å²) in [7, 11) is 1.54. The Bertz CT molecular complexity index is 1530. The SMILES string of the molecule is COc1cc2c(Oc3ccc4[nH]c(I)cc4c3F)ncnc2cc1OCCCC(=O)N1CCC2(CC1)COC2. The Balaban J connectivity index is 1.11. The highest BCUT2D eigenvalue weighted by Gasteiger charge is 2.41. The molecule has 2 aliphatic rings. The van der Waals surface area contributed by atoms with E-state index in [0.29, 0.717) is 58.2 Å². The highest BCUT2D eigenvalue weighted by atomic mass is 127. The molecule has 39 heavy (non-hydrogen) atoms. The van der Waals surface area contributed by atoms with Crippen molar-refractivity contribution in [3.63, 3.8) is 0 Å². The Morgan fingerprint density at radius 2 is 1.95 bits per heavy atom. The van der Waals surface area contributed by atoms with Gasteiger partial charge in [-0.3, -0.25) is 4.79 Å². The highest BCUT2D eigenvalue weighted by molar-refractivity contribution is 14.1. The molecule has 2 fully saturated rings. The summed E-state index contributed by atoms with van der Waals surface area (Å²) in [5.74, 6) is 0.923. The number of carbonyl (C=O) groups excluding carboxylic acids is 1.